The average molecular weight is 520 g/mol. The second-order valence-corrected chi connectivity index (χ2v) is 5.32. The van der Waals surface area contributed by atoms with Gasteiger partial charge in [-0.05, 0) is 23.3 Å². The molecule has 2 aromatic carbocycles. The molecule has 0 unspecified atom stereocenters. The topological polar surface area (TPSA) is 77.7 Å². The minimum absolute atomic E-state index is 0. The van der Waals surface area contributed by atoms with E-state index in [4.69, 9.17) is 19.2 Å². The molecule has 6 nitrogen and oxygen atoms in total. The Morgan fingerprint density at radius 2 is 0.963 bits per heavy atom. The quantitative estimate of drug-likeness (QED) is 0.230. The largest absolute Gasteiger partial charge is 0.456 e. The van der Waals surface area contributed by atoms with E-state index in [1.165, 1.54) is 0 Å². The molecule has 1 fully saturated rings. The number of fused-ring (bicyclic) bond motifs is 3. The van der Waals surface area contributed by atoms with Crippen molar-refractivity contribution < 1.29 is 94.3 Å². The van der Waals surface area contributed by atoms with Gasteiger partial charge in [0.15, 0.2) is 13.2 Å². The zero-order valence-electron chi connectivity index (χ0n) is 15.1. The van der Waals surface area contributed by atoms with E-state index in [0.717, 1.165) is 0 Å². The van der Waals surface area contributed by atoms with Crippen LogP contribution >= 0.6 is 0 Å². The van der Waals surface area contributed by atoms with Gasteiger partial charge in [0, 0.05) is 65.4 Å². The van der Waals surface area contributed by atoms with Gasteiger partial charge in [-0.25, -0.2) is 9.59 Å². The van der Waals surface area contributed by atoms with E-state index in [-0.39, 0.29) is 93.5 Å². The van der Waals surface area contributed by atoms with Crippen LogP contribution in [0.3, 0.4) is 0 Å². The SMILES string of the molecule is O=C1OCC2(COC(=O)c3ccccc3-c3ccccc31)OO2.[CH3-].[CH3-].[Y].[Y]. The molecule has 138 valence electrons. The molecule has 0 aliphatic carbocycles. The predicted octanol–water partition coefficient (Wildman–Crippen LogP) is 3.23. The smallest absolute Gasteiger partial charge is 0.338 e. The van der Waals surface area contributed by atoms with Gasteiger partial charge in [-0.2, -0.15) is 9.78 Å². The third-order valence-corrected chi connectivity index (χ3v) is 3.75. The van der Waals surface area contributed by atoms with Crippen LogP contribution in [-0.4, -0.2) is 30.9 Å². The number of cyclic esters (lactones) is 2. The van der Waals surface area contributed by atoms with E-state index >= 15 is 0 Å². The molecule has 0 bridgehead atoms. The molecule has 2 aromatic rings. The second-order valence-electron chi connectivity index (χ2n) is 5.32. The molecular formula is C19H18O6Y2-2. The fraction of sp³-hybridized carbons (Fsp3) is 0.158. The van der Waals surface area contributed by atoms with Crippen LogP contribution in [0.5, 0.6) is 0 Å². The first kappa shape index (κ1) is 26.5. The average Bonchev–Trinajstić information content (AvgIpc) is 3.37. The number of esters is 2. The van der Waals surface area contributed by atoms with Gasteiger partial charge in [-0.3, -0.25) is 0 Å². The van der Waals surface area contributed by atoms with Gasteiger partial charge in [0.1, 0.15) is 0 Å². The summed E-state index contributed by atoms with van der Waals surface area (Å²) < 4.78 is 10.5. The van der Waals surface area contributed by atoms with Crippen molar-refractivity contribution in [3.8, 4) is 11.1 Å². The van der Waals surface area contributed by atoms with Crippen molar-refractivity contribution in [1.82, 2.24) is 0 Å². The summed E-state index contributed by atoms with van der Waals surface area (Å²) in [6.45, 7) is -0.298. The summed E-state index contributed by atoms with van der Waals surface area (Å²) in [6.07, 6.45) is 0. The molecule has 0 atom stereocenters. The number of benzene rings is 2. The van der Waals surface area contributed by atoms with Crippen LogP contribution in [0.25, 0.3) is 11.1 Å². The van der Waals surface area contributed by atoms with E-state index in [9.17, 15) is 9.59 Å². The summed E-state index contributed by atoms with van der Waals surface area (Å²) in [6, 6.07) is 13.9. The Kier molecular flexibility index (Phi) is 10.7. The maximum absolute atomic E-state index is 12.4. The number of carbonyl (C=O) groups is 2. The van der Waals surface area contributed by atoms with Crippen LogP contribution in [0, 0.1) is 14.9 Å². The van der Waals surface area contributed by atoms with Gasteiger partial charge >= 0.3 is 17.7 Å². The molecule has 2 radical (unpaired) electrons. The normalized spacial score (nSPS) is 16.1. The molecular weight excluding hydrogens is 502 g/mol. The number of hydrogen-bond acceptors (Lipinski definition) is 6. The summed E-state index contributed by atoms with van der Waals surface area (Å²) in [7, 11) is 0. The van der Waals surface area contributed by atoms with Gasteiger partial charge in [-0.15, -0.1) is 0 Å². The van der Waals surface area contributed by atoms with E-state index in [1.807, 2.05) is 0 Å². The maximum Gasteiger partial charge on any atom is 0.338 e. The fourth-order valence-electron chi connectivity index (χ4n) is 2.50. The fourth-order valence-corrected chi connectivity index (χ4v) is 2.50. The van der Waals surface area contributed by atoms with Crippen LogP contribution in [-0.2, 0) is 84.7 Å². The van der Waals surface area contributed by atoms with E-state index in [0.29, 0.717) is 22.3 Å². The molecule has 4 rings (SSSR count). The standard InChI is InChI=1S/C17H12O6.2CH3.2Y/c18-15-13-7-3-1-5-11(13)12-6-2-4-8-14(12)16(19)21-10-17(9-20-15)22-23-17;;;;/h1-8H,9-10H2;2*1H3;;/q;2*-1;;. The Bertz CT molecular complexity index is 741. The minimum atomic E-state index is -1.19. The van der Waals surface area contributed by atoms with Gasteiger partial charge < -0.3 is 24.3 Å². The van der Waals surface area contributed by atoms with Crippen molar-refractivity contribution in [2.24, 2.45) is 0 Å². The number of hydrogen-bond donors (Lipinski definition) is 0. The third kappa shape index (κ3) is 5.53. The number of carbonyl (C=O) groups excluding carboxylic acids is 2. The summed E-state index contributed by atoms with van der Waals surface area (Å²) in [5.41, 5.74) is 1.95. The molecule has 0 aromatic heterocycles. The van der Waals surface area contributed by atoms with E-state index in [1.54, 1.807) is 48.5 Å². The Balaban J connectivity index is 0.00000169. The van der Waals surface area contributed by atoms with Crippen LogP contribution in [0.15, 0.2) is 48.5 Å². The summed E-state index contributed by atoms with van der Waals surface area (Å²) >= 11 is 0. The van der Waals surface area contributed by atoms with Crippen molar-refractivity contribution in [2.45, 2.75) is 5.79 Å². The zero-order chi connectivity index (χ0) is 15.9. The summed E-state index contributed by atoms with van der Waals surface area (Å²) in [4.78, 5) is 34.4. The molecule has 1 spiro atoms. The Labute approximate surface area is 209 Å². The molecule has 2 aliphatic rings. The summed E-state index contributed by atoms with van der Waals surface area (Å²) in [5, 5.41) is 0. The minimum Gasteiger partial charge on any atom is -0.456 e. The summed E-state index contributed by atoms with van der Waals surface area (Å²) in [5.74, 6) is -2.22. The van der Waals surface area contributed by atoms with Crippen LogP contribution in [0.2, 0.25) is 0 Å². The molecule has 0 saturated carbocycles. The third-order valence-electron chi connectivity index (χ3n) is 3.75. The van der Waals surface area contributed by atoms with Crippen molar-refractivity contribution in [3.63, 3.8) is 0 Å². The second kappa shape index (κ2) is 10.9. The predicted molar refractivity (Wildman–Crippen MR) is 90.2 cm³/mol. The Morgan fingerprint density at radius 3 is 1.30 bits per heavy atom. The van der Waals surface area contributed by atoms with Gasteiger partial charge in [-0.1, -0.05) is 36.4 Å². The molecule has 27 heavy (non-hydrogen) atoms. The monoisotopic (exact) mass is 520 g/mol. The van der Waals surface area contributed by atoms with Crippen molar-refractivity contribution >= 4 is 11.9 Å². The maximum atomic E-state index is 12.4. The van der Waals surface area contributed by atoms with Gasteiger partial charge in [0.25, 0.3) is 0 Å². The first-order valence-electron chi connectivity index (χ1n) is 7.08. The van der Waals surface area contributed by atoms with Crippen molar-refractivity contribution in [3.05, 3.63) is 74.5 Å². The van der Waals surface area contributed by atoms with E-state index in [2.05, 4.69) is 0 Å². The van der Waals surface area contributed by atoms with E-state index < -0.39 is 17.7 Å². The first-order chi connectivity index (χ1) is 11.2. The Hall–Kier alpha value is -0.492. The van der Waals surface area contributed by atoms with Crippen molar-refractivity contribution in [1.29, 1.82) is 0 Å². The molecule has 2 aliphatic heterocycles. The zero-order valence-corrected chi connectivity index (χ0v) is 20.8. The molecule has 2 heterocycles. The van der Waals surface area contributed by atoms with Gasteiger partial charge in [0.2, 0.25) is 0 Å². The molecule has 0 N–H and O–H groups in total. The first-order valence-corrected chi connectivity index (χ1v) is 7.08. The van der Waals surface area contributed by atoms with Crippen LogP contribution < -0.4 is 0 Å². The van der Waals surface area contributed by atoms with Crippen LogP contribution in [0.4, 0.5) is 0 Å². The Morgan fingerprint density at radius 1 is 0.630 bits per heavy atom. The molecule has 1 saturated heterocycles. The molecule has 0 amide bonds. The molecule has 8 heteroatoms. The number of rotatable bonds is 0. The van der Waals surface area contributed by atoms with Gasteiger partial charge in [0.05, 0.1) is 11.1 Å². The van der Waals surface area contributed by atoms with Crippen molar-refractivity contribution in [2.75, 3.05) is 13.2 Å². The number of ether oxygens (including phenoxy) is 2. The van der Waals surface area contributed by atoms with Crippen LogP contribution in [0.1, 0.15) is 20.7 Å².